The van der Waals surface area contributed by atoms with Crippen molar-refractivity contribution in [3.63, 3.8) is 0 Å². The Hall–Kier alpha value is -0.560. The summed E-state index contributed by atoms with van der Waals surface area (Å²) in [5.74, 6) is 5.76. The van der Waals surface area contributed by atoms with Gasteiger partial charge in [0.05, 0.1) is 12.6 Å². The number of likely N-dealkylation sites (tertiary alicyclic amines) is 1. The van der Waals surface area contributed by atoms with E-state index >= 15 is 0 Å². The van der Waals surface area contributed by atoms with Crippen LogP contribution in [0, 0.1) is 17.8 Å². The maximum atomic E-state index is 9.41. The van der Waals surface area contributed by atoms with Crippen LogP contribution in [0.15, 0.2) is 0 Å². The zero-order valence-corrected chi connectivity index (χ0v) is 7.32. The summed E-state index contributed by atoms with van der Waals surface area (Å²) in [6.45, 7) is 3.96. The predicted molar refractivity (Wildman–Crippen MR) is 46.5 cm³/mol. The van der Waals surface area contributed by atoms with Crippen LogP contribution in [-0.2, 0) is 0 Å². The third-order valence-corrected chi connectivity index (χ3v) is 2.20. The first-order valence-corrected chi connectivity index (χ1v) is 4.18. The van der Waals surface area contributed by atoms with Crippen LogP contribution < -0.4 is 0 Å². The minimum absolute atomic E-state index is 0.0173. The number of aliphatic hydroxyl groups excluding tert-OH is 2. The summed E-state index contributed by atoms with van der Waals surface area (Å²) in [5, 5.41) is 18.3. The second-order valence-corrected chi connectivity index (χ2v) is 3.13. The van der Waals surface area contributed by atoms with Gasteiger partial charge in [-0.25, -0.2) is 0 Å². The maximum Gasteiger partial charge on any atom is 0.0729 e. The SMILES string of the molecule is CC#CCN1CC(O)C(CO)C1. The molecule has 12 heavy (non-hydrogen) atoms. The average molecular weight is 169 g/mol. The molecule has 0 amide bonds. The highest BCUT2D eigenvalue weighted by Crippen LogP contribution is 2.15. The van der Waals surface area contributed by atoms with Crippen molar-refractivity contribution in [2.24, 2.45) is 5.92 Å². The van der Waals surface area contributed by atoms with Gasteiger partial charge in [-0.15, -0.1) is 5.92 Å². The van der Waals surface area contributed by atoms with Crippen molar-refractivity contribution in [2.75, 3.05) is 26.2 Å². The molecule has 0 aromatic carbocycles. The molecule has 0 saturated carbocycles. The number of hydrogen-bond acceptors (Lipinski definition) is 3. The van der Waals surface area contributed by atoms with E-state index in [1.165, 1.54) is 0 Å². The number of aliphatic hydroxyl groups is 2. The van der Waals surface area contributed by atoms with E-state index < -0.39 is 0 Å². The lowest BCUT2D eigenvalue weighted by Gasteiger charge is -2.09. The minimum Gasteiger partial charge on any atom is -0.396 e. The molecular formula is C9H15NO2. The Morgan fingerprint density at radius 2 is 2.25 bits per heavy atom. The minimum atomic E-state index is -0.381. The zero-order chi connectivity index (χ0) is 8.97. The highest BCUT2D eigenvalue weighted by Gasteiger charge is 2.29. The Kier molecular flexibility index (Phi) is 3.54. The normalized spacial score (nSPS) is 29.9. The molecule has 0 radical (unpaired) electrons. The standard InChI is InChI=1S/C9H15NO2/c1-2-3-4-10-5-8(7-11)9(12)6-10/h8-9,11-12H,4-7H2,1H3. The van der Waals surface area contributed by atoms with E-state index in [4.69, 9.17) is 5.11 Å². The summed E-state index contributed by atoms with van der Waals surface area (Å²) in [7, 11) is 0. The molecule has 0 aliphatic carbocycles. The molecule has 2 atom stereocenters. The van der Waals surface area contributed by atoms with Crippen molar-refractivity contribution in [1.82, 2.24) is 4.90 Å². The first-order chi connectivity index (χ1) is 5.77. The van der Waals surface area contributed by atoms with Gasteiger partial charge in [0.25, 0.3) is 0 Å². The third-order valence-electron chi connectivity index (χ3n) is 2.20. The van der Waals surface area contributed by atoms with E-state index in [9.17, 15) is 5.11 Å². The molecule has 1 aliphatic rings. The maximum absolute atomic E-state index is 9.41. The van der Waals surface area contributed by atoms with Crippen LogP contribution in [0.3, 0.4) is 0 Å². The fourth-order valence-corrected chi connectivity index (χ4v) is 1.44. The molecule has 2 unspecified atom stereocenters. The zero-order valence-electron chi connectivity index (χ0n) is 7.32. The molecule has 0 spiro atoms. The molecular weight excluding hydrogens is 154 g/mol. The second-order valence-electron chi connectivity index (χ2n) is 3.13. The molecule has 1 aliphatic heterocycles. The van der Waals surface area contributed by atoms with Gasteiger partial charge < -0.3 is 10.2 Å². The Morgan fingerprint density at radius 1 is 1.50 bits per heavy atom. The summed E-state index contributed by atoms with van der Waals surface area (Å²) >= 11 is 0. The van der Waals surface area contributed by atoms with Gasteiger partial charge in [-0.2, -0.15) is 0 Å². The molecule has 3 heteroatoms. The van der Waals surface area contributed by atoms with E-state index in [0.717, 1.165) is 6.54 Å². The Bertz CT molecular complexity index is 194. The summed E-state index contributed by atoms with van der Waals surface area (Å²) in [5.41, 5.74) is 0. The smallest absolute Gasteiger partial charge is 0.0729 e. The summed E-state index contributed by atoms with van der Waals surface area (Å²) in [6.07, 6.45) is -0.381. The lowest BCUT2D eigenvalue weighted by molar-refractivity contribution is 0.103. The molecule has 3 nitrogen and oxygen atoms in total. The summed E-state index contributed by atoms with van der Waals surface area (Å²) in [6, 6.07) is 0. The second kappa shape index (κ2) is 4.46. The van der Waals surface area contributed by atoms with Crippen molar-refractivity contribution in [1.29, 1.82) is 0 Å². The highest BCUT2D eigenvalue weighted by atomic mass is 16.3. The van der Waals surface area contributed by atoms with Crippen LogP contribution in [0.2, 0.25) is 0 Å². The molecule has 2 N–H and O–H groups in total. The van der Waals surface area contributed by atoms with Crippen LogP contribution in [-0.4, -0.2) is 47.5 Å². The van der Waals surface area contributed by atoms with E-state index in [0.29, 0.717) is 13.1 Å². The van der Waals surface area contributed by atoms with Crippen molar-refractivity contribution < 1.29 is 10.2 Å². The molecule has 1 rings (SSSR count). The van der Waals surface area contributed by atoms with Gasteiger partial charge in [-0.3, -0.25) is 4.90 Å². The molecule has 0 aromatic heterocycles. The average Bonchev–Trinajstić information content (AvgIpc) is 2.43. The van der Waals surface area contributed by atoms with Gasteiger partial charge in [0.2, 0.25) is 0 Å². The van der Waals surface area contributed by atoms with Gasteiger partial charge >= 0.3 is 0 Å². The van der Waals surface area contributed by atoms with Crippen molar-refractivity contribution in [3.05, 3.63) is 0 Å². The van der Waals surface area contributed by atoms with Crippen LogP contribution in [0.1, 0.15) is 6.92 Å². The first-order valence-electron chi connectivity index (χ1n) is 4.18. The molecule has 68 valence electrons. The van der Waals surface area contributed by atoms with Crippen LogP contribution in [0.4, 0.5) is 0 Å². The number of rotatable bonds is 2. The monoisotopic (exact) mass is 169 g/mol. The topological polar surface area (TPSA) is 43.7 Å². The fourth-order valence-electron chi connectivity index (χ4n) is 1.44. The van der Waals surface area contributed by atoms with E-state index in [1.54, 1.807) is 6.92 Å². The third kappa shape index (κ3) is 2.21. The van der Waals surface area contributed by atoms with Gasteiger partial charge in [0.15, 0.2) is 0 Å². The Morgan fingerprint density at radius 3 is 2.75 bits per heavy atom. The lowest BCUT2D eigenvalue weighted by Crippen LogP contribution is -2.22. The number of β-amino-alcohol motifs (C(OH)–C–C–N with tert-alkyl or cyclic N) is 1. The van der Waals surface area contributed by atoms with Crippen LogP contribution >= 0.6 is 0 Å². The first kappa shape index (κ1) is 9.53. The fraction of sp³-hybridized carbons (Fsp3) is 0.778. The lowest BCUT2D eigenvalue weighted by atomic mass is 10.1. The van der Waals surface area contributed by atoms with Gasteiger partial charge in [0.1, 0.15) is 0 Å². The Labute approximate surface area is 73.0 Å². The molecule has 0 bridgehead atoms. The van der Waals surface area contributed by atoms with E-state index in [2.05, 4.69) is 16.7 Å². The van der Waals surface area contributed by atoms with Crippen LogP contribution in [0.25, 0.3) is 0 Å². The van der Waals surface area contributed by atoms with Crippen molar-refractivity contribution in [2.45, 2.75) is 13.0 Å². The predicted octanol–water partition coefficient (Wildman–Crippen LogP) is -0.705. The van der Waals surface area contributed by atoms with E-state index in [1.807, 2.05) is 0 Å². The molecule has 1 fully saturated rings. The largest absolute Gasteiger partial charge is 0.396 e. The number of nitrogens with zero attached hydrogens (tertiary/aromatic N) is 1. The molecule has 1 saturated heterocycles. The molecule has 0 aromatic rings. The van der Waals surface area contributed by atoms with Gasteiger partial charge in [-0.05, 0) is 6.92 Å². The van der Waals surface area contributed by atoms with Crippen molar-refractivity contribution >= 4 is 0 Å². The summed E-state index contributed by atoms with van der Waals surface area (Å²) < 4.78 is 0. The highest BCUT2D eigenvalue weighted by molar-refractivity contribution is 4.99. The summed E-state index contributed by atoms with van der Waals surface area (Å²) in [4.78, 5) is 2.06. The van der Waals surface area contributed by atoms with Crippen LogP contribution in [0.5, 0.6) is 0 Å². The van der Waals surface area contributed by atoms with Crippen molar-refractivity contribution in [3.8, 4) is 11.8 Å². The number of hydrogen-bond donors (Lipinski definition) is 2. The quantitative estimate of drug-likeness (QED) is 0.537. The molecule has 1 heterocycles. The van der Waals surface area contributed by atoms with Gasteiger partial charge in [0, 0.05) is 25.6 Å². The van der Waals surface area contributed by atoms with Gasteiger partial charge in [-0.1, -0.05) is 5.92 Å². The Balaban J connectivity index is 2.36. The van der Waals surface area contributed by atoms with E-state index in [-0.39, 0.29) is 18.6 Å².